The molecule has 2 amide bonds. The molecule has 174 valence electrons. The Bertz CT molecular complexity index is 869. The lowest BCUT2D eigenvalue weighted by Gasteiger charge is -2.63. The van der Waals surface area contributed by atoms with Gasteiger partial charge in [-0.05, 0) is 80.2 Å². The Labute approximate surface area is 191 Å². The molecule has 5 nitrogen and oxygen atoms in total. The highest BCUT2D eigenvalue weighted by Crippen LogP contribution is 2.61. The first-order valence-electron chi connectivity index (χ1n) is 12.6. The molecule has 0 heterocycles. The molecular formula is C27H38N2O3. The predicted molar refractivity (Wildman–Crippen MR) is 124 cm³/mol. The van der Waals surface area contributed by atoms with Crippen LogP contribution in [0.1, 0.15) is 70.4 Å². The van der Waals surface area contributed by atoms with E-state index in [4.69, 9.17) is 0 Å². The Hall–Kier alpha value is -1.88. The van der Waals surface area contributed by atoms with Crippen LogP contribution in [-0.2, 0) is 22.4 Å². The number of fused-ring (bicyclic) bond motifs is 1. The van der Waals surface area contributed by atoms with E-state index in [1.54, 1.807) is 0 Å². The number of benzene rings is 1. The Balaban J connectivity index is 1.21. The lowest BCUT2D eigenvalue weighted by Crippen LogP contribution is -2.68. The lowest BCUT2D eigenvalue weighted by molar-refractivity contribution is -0.175. The molecule has 3 N–H and O–H groups in total. The van der Waals surface area contributed by atoms with Crippen molar-refractivity contribution < 1.29 is 14.7 Å². The van der Waals surface area contributed by atoms with E-state index in [1.165, 1.54) is 11.1 Å². The SMILES string of the molecule is CC(C)C(=O)NC12CC3CC(O)(CC(C1)C3CC(C)C(=O)NC1Cc3ccccc3C1)C2. The number of aliphatic hydroxyl groups is 1. The number of hydrogen-bond donors (Lipinski definition) is 3. The van der Waals surface area contributed by atoms with Crippen LogP contribution >= 0.6 is 0 Å². The van der Waals surface area contributed by atoms with Gasteiger partial charge in [-0.25, -0.2) is 0 Å². The first kappa shape index (κ1) is 21.9. The van der Waals surface area contributed by atoms with E-state index in [0.29, 0.717) is 24.2 Å². The fourth-order valence-corrected chi connectivity index (χ4v) is 7.66. The summed E-state index contributed by atoms with van der Waals surface area (Å²) in [6.07, 6.45) is 6.95. The lowest BCUT2D eigenvalue weighted by atomic mass is 9.46. The van der Waals surface area contributed by atoms with E-state index < -0.39 is 5.60 Å². The minimum absolute atomic E-state index is 0.0305. The van der Waals surface area contributed by atoms with Gasteiger partial charge in [-0.1, -0.05) is 45.0 Å². The molecule has 4 saturated carbocycles. The van der Waals surface area contributed by atoms with E-state index in [9.17, 15) is 14.7 Å². The first-order chi connectivity index (χ1) is 15.2. The van der Waals surface area contributed by atoms with Crippen LogP contribution in [0, 0.1) is 29.6 Å². The van der Waals surface area contributed by atoms with Crippen LogP contribution in [-0.4, -0.2) is 34.1 Å². The van der Waals surface area contributed by atoms with Gasteiger partial charge in [-0.2, -0.15) is 0 Å². The van der Waals surface area contributed by atoms with Crippen molar-refractivity contribution >= 4 is 11.8 Å². The third-order valence-corrected chi connectivity index (χ3v) is 8.85. The summed E-state index contributed by atoms with van der Waals surface area (Å²) in [5, 5.41) is 17.9. The second kappa shape index (κ2) is 7.86. The summed E-state index contributed by atoms with van der Waals surface area (Å²) in [4.78, 5) is 25.5. The van der Waals surface area contributed by atoms with E-state index in [1.807, 2.05) is 13.8 Å². The zero-order valence-corrected chi connectivity index (χ0v) is 19.7. The van der Waals surface area contributed by atoms with E-state index in [2.05, 4.69) is 41.8 Å². The highest BCUT2D eigenvalue weighted by atomic mass is 16.3. The van der Waals surface area contributed by atoms with Gasteiger partial charge in [0.2, 0.25) is 11.8 Å². The van der Waals surface area contributed by atoms with Crippen molar-refractivity contribution in [1.82, 2.24) is 10.6 Å². The van der Waals surface area contributed by atoms with Crippen molar-refractivity contribution in [2.24, 2.45) is 29.6 Å². The standard InChI is InChI=1S/C27H38N2O3/c1-16(2)24(30)29-26-11-20-13-27(32,15-26)14-21(12-26)23(20)8-17(3)25(31)28-22-9-18-6-4-5-7-19(18)10-22/h4-7,16-17,20-23,32H,8-15H2,1-3H3,(H,28,31)(H,29,30). The van der Waals surface area contributed by atoms with Gasteiger partial charge in [0.25, 0.3) is 0 Å². The number of nitrogens with one attached hydrogen (secondary N) is 2. The summed E-state index contributed by atoms with van der Waals surface area (Å²) in [5.41, 5.74) is 1.81. The van der Waals surface area contributed by atoms with Gasteiger partial charge >= 0.3 is 0 Å². The van der Waals surface area contributed by atoms with Crippen molar-refractivity contribution in [3.8, 4) is 0 Å². The van der Waals surface area contributed by atoms with Gasteiger partial charge in [0.05, 0.1) is 5.60 Å². The Morgan fingerprint density at radius 2 is 1.59 bits per heavy atom. The molecule has 5 aliphatic carbocycles. The second-order valence-corrected chi connectivity index (χ2v) is 11.8. The van der Waals surface area contributed by atoms with Gasteiger partial charge in [-0.15, -0.1) is 0 Å². The number of amides is 2. The summed E-state index contributed by atoms with van der Waals surface area (Å²) < 4.78 is 0. The molecule has 4 bridgehead atoms. The topological polar surface area (TPSA) is 78.4 Å². The fraction of sp³-hybridized carbons (Fsp3) is 0.704. The largest absolute Gasteiger partial charge is 0.390 e. The Kier molecular flexibility index (Phi) is 5.39. The molecule has 0 radical (unpaired) electrons. The molecule has 6 rings (SSSR count). The van der Waals surface area contributed by atoms with Crippen LogP contribution in [0.2, 0.25) is 0 Å². The molecule has 1 aromatic rings. The predicted octanol–water partition coefficient (Wildman–Crippen LogP) is 3.38. The summed E-state index contributed by atoms with van der Waals surface area (Å²) in [6, 6.07) is 8.68. The van der Waals surface area contributed by atoms with Crippen molar-refractivity contribution in [1.29, 1.82) is 0 Å². The average molecular weight is 439 g/mol. The summed E-state index contributed by atoms with van der Waals surface area (Å²) in [5.74, 6) is 1.42. The number of carbonyl (C=O) groups excluding carboxylic acids is 2. The Morgan fingerprint density at radius 3 is 2.16 bits per heavy atom. The summed E-state index contributed by atoms with van der Waals surface area (Å²) in [7, 11) is 0. The molecule has 4 fully saturated rings. The third-order valence-electron chi connectivity index (χ3n) is 8.85. The molecule has 0 spiro atoms. The fourth-order valence-electron chi connectivity index (χ4n) is 7.66. The monoisotopic (exact) mass is 438 g/mol. The van der Waals surface area contributed by atoms with Crippen molar-refractivity contribution in [3.63, 3.8) is 0 Å². The van der Waals surface area contributed by atoms with Crippen molar-refractivity contribution in [2.45, 2.75) is 89.3 Å². The van der Waals surface area contributed by atoms with Gasteiger partial charge in [0.1, 0.15) is 0 Å². The third kappa shape index (κ3) is 3.98. The Morgan fingerprint density at radius 1 is 1.00 bits per heavy atom. The van der Waals surface area contributed by atoms with Crippen molar-refractivity contribution in [2.75, 3.05) is 0 Å². The quantitative estimate of drug-likeness (QED) is 0.637. The maximum absolute atomic E-state index is 13.0. The number of carbonyl (C=O) groups is 2. The number of hydrogen-bond acceptors (Lipinski definition) is 3. The number of rotatable bonds is 6. The van der Waals surface area contributed by atoms with E-state index in [-0.39, 0.29) is 35.2 Å². The zero-order valence-electron chi connectivity index (χ0n) is 19.7. The maximum Gasteiger partial charge on any atom is 0.223 e. The molecule has 0 saturated heterocycles. The minimum Gasteiger partial charge on any atom is -0.390 e. The molecule has 5 heteroatoms. The van der Waals surface area contributed by atoms with Gasteiger partial charge in [-0.3, -0.25) is 9.59 Å². The summed E-state index contributed by atoms with van der Waals surface area (Å²) in [6.45, 7) is 5.92. The highest BCUT2D eigenvalue weighted by Gasteiger charge is 2.61. The molecule has 3 atom stereocenters. The van der Waals surface area contributed by atoms with Crippen LogP contribution in [0.5, 0.6) is 0 Å². The summed E-state index contributed by atoms with van der Waals surface area (Å²) >= 11 is 0. The minimum atomic E-state index is -0.645. The molecule has 1 aromatic carbocycles. The van der Waals surface area contributed by atoms with Crippen LogP contribution in [0.25, 0.3) is 0 Å². The van der Waals surface area contributed by atoms with Crippen LogP contribution in [0.15, 0.2) is 24.3 Å². The maximum atomic E-state index is 13.0. The van der Waals surface area contributed by atoms with E-state index in [0.717, 1.165) is 44.9 Å². The normalized spacial score (nSPS) is 36.2. The highest BCUT2D eigenvalue weighted by molar-refractivity contribution is 5.79. The van der Waals surface area contributed by atoms with Crippen LogP contribution < -0.4 is 10.6 Å². The zero-order chi connectivity index (χ0) is 22.7. The molecule has 3 unspecified atom stereocenters. The van der Waals surface area contributed by atoms with Gasteiger partial charge in [0.15, 0.2) is 0 Å². The molecule has 5 aliphatic rings. The first-order valence-corrected chi connectivity index (χ1v) is 12.6. The molecule has 32 heavy (non-hydrogen) atoms. The average Bonchev–Trinajstić information content (AvgIpc) is 3.11. The smallest absolute Gasteiger partial charge is 0.223 e. The van der Waals surface area contributed by atoms with Crippen molar-refractivity contribution in [3.05, 3.63) is 35.4 Å². The second-order valence-electron chi connectivity index (χ2n) is 11.8. The van der Waals surface area contributed by atoms with Gasteiger partial charge < -0.3 is 15.7 Å². The van der Waals surface area contributed by atoms with Crippen LogP contribution in [0.3, 0.4) is 0 Å². The molecular weight excluding hydrogens is 400 g/mol. The van der Waals surface area contributed by atoms with E-state index >= 15 is 0 Å². The molecule has 0 aliphatic heterocycles. The van der Waals surface area contributed by atoms with Gasteiger partial charge in [0, 0.05) is 23.4 Å². The van der Waals surface area contributed by atoms with Crippen LogP contribution in [0.4, 0.5) is 0 Å². The molecule has 0 aromatic heterocycles.